The maximum Gasteiger partial charge on any atom is 0.122 e. The van der Waals surface area contributed by atoms with Gasteiger partial charge in [-0.05, 0) is 36.1 Å². The molecule has 1 aromatic rings. The van der Waals surface area contributed by atoms with Crippen LogP contribution in [0.25, 0.3) is 0 Å². The van der Waals surface area contributed by atoms with E-state index in [-0.39, 0.29) is 0 Å². The summed E-state index contributed by atoms with van der Waals surface area (Å²) in [4.78, 5) is 0. The average molecular weight is 208 g/mol. The zero-order valence-corrected chi connectivity index (χ0v) is 9.92. The van der Waals surface area contributed by atoms with Gasteiger partial charge in [0.05, 0.1) is 13.8 Å². The van der Waals surface area contributed by atoms with Crippen molar-refractivity contribution in [2.45, 2.75) is 26.7 Å². The highest BCUT2D eigenvalue weighted by atomic mass is 16.5. The third-order valence-corrected chi connectivity index (χ3v) is 2.49. The second kappa shape index (κ2) is 5.03. The average Bonchev–Trinajstić information content (AvgIpc) is 2.20. The van der Waals surface area contributed by atoms with Gasteiger partial charge in [0.25, 0.3) is 0 Å². The molecule has 0 fully saturated rings. The van der Waals surface area contributed by atoms with E-state index in [9.17, 15) is 0 Å². The Hall–Kier alpha value is -1.22. The van der Waals surface area contributed by atoms with Crippen molar-refractivity contribution in [1.29, 1.82) is 0 Å². The van der Waals surface area contributed by atoms with Gasteiger partial charge in [-0.25, -0.2) is 0 Å². The van der Waals surface area contributed by atoms with Crippen molar-refractivity contribution in [3.05, 3.63) is 23.3 Å². The zero-order valence-electron chi connectivity index (χ0n) is 9.92. The van der Waals surface area contributed by atoms with Crippen LogP contribution in [0, 0.1) is 6.92 Å². The van der Waals surface area contributed by atoms with Crippen molar-refractivity contribution in [2.75, 3.05) is 19.1 Å². The van der Waals surface area contributed by atoms with E-state index >= 15 is 0 Å². The summed E-state index contributed by atoms with van der Waals surface area (Å²) in [6, 6.07) is 4.17. The predicted octanol–water partition coefficient (Wildman–Crippen LogP) is 2.46. The molecule has 0 saturated carbocycles. The van der Waals surface area contributed by atoms with Crippen molar-refractivity contribution < 1.29 is 4.74 Å². The van der Waals surface area contributed by atoms with Crippen LogP contribution in [-0.2, 0) is 0 Å². The molecule has 0 spiro atoms. The molecule has 0 aliphatic carbocycles. The van der Waals surface area contributed by atoms with E-state index in [0.717, 1.165) is 17.0 Å². The number of hydrogen-bond acceptors (Lipinski definition) is 3. The van der Waals surface area contributed by atoms with Gasteiger partial charge < -0.3 is 15.8 Å². The highest BCUT2D eigenvalue weighted by Gasteiger charge is 2.10. The molecule has 0 atom stereocenters. The SMILES string of the molecule is COc1cc(C)c(NCN)cc1C(C)C. The second-order valence-corrected chi connectivity index (χ2v) is 3.94. The zero-order chi connectivity index (χ0) is 11.4. The standard InChI is InChI=1S/C12H20N2O/c1-8(2)10-6-11(14-7-13)9(3)5-12(10)15-4/h5-6,8,14H,7,13H2,1-4H3. The highest BCUT2D eigenvalue weighted by molar-refractivity contribution is 5.57. The van der Waals surface area contributed by atoms with Gasteiger partial charge in [-0.3, -0.25) is 0 Å². The molecule has 0 unspecified atom stereocenters. The van der Waals surface area contributed by atoms with E-state index in [1.165, 1.54) is 5.56 Å². The van der Waals surface area contributed by atoms with Crippen LogP contribution < -0.4 is 15.8 Å². The Morgan fingerprint density at radius 1 is 1.40 bits per heavy atom. The van der Waals surface area contributed by atoms with E-state index < -0.39 is 0 Å². The molecule has 0 saturated heterocycles. The summed E-state index contributed by atoms with van der Waals surface area (Å²) in [6.07, 6.45) is 0. The van der Waals surface area contributed by atoms with Gasteiger partial charge in [-0.15, -0.1) is 0 Å². The Kier molecular flexibility index (Phi) is 3.97. The molecule has 0 aliphatic heterocycles. The Balaban J connectivity index is 3.17. The van der Waals surface area contributed by atoms with E-state index in [2.05, 4.69) is 25.2 Å². The van der Waals surface area contributed by atoms with Crippen LogP contribution in [0.4, 0.5) is 5.69 Å². The second-order valence-electron chi connectivity index (χ2n) is 3.94. The minimum atomic E-state index is 0.443. The van der Waals surface area contributed by atoms with Crippen LogP contribution >= 0.6 is 0 Å². The fourth-order valence-corrected chi connectivity index (χ4v) is 1.63. The molecule has 0 heterocycles. The summed E-state index contributed by atoms with van der Waals surface area (Å²) in [5, 5.41) is 3.14. The normalized spacial score (nSPS) is 10.5. The Morgan fingerprint density at radius 2 is 2.07 bits per heavy atom. The molecule has 3 N–H and O–H groups in total. The number of aryl methyl sites for hydroxylation is 1. The van der Waals surface area contributed by atoms with Gasteiger partial charge >= 0.3 is 0 Å². The van der Waals surface area contributed by atoms with Gasteiger partial charge in [0.1, 0.15) is 5.75 Å². The van der Waals surface area contributed by atoms with Gasteiger partial charge in [0.15, 0.2) is 0 Å². The molecule has 84 valence electrons. The van der Waals surface area contributed by atoms with Crippen molar-refractivity contribution in [2.24, 2.45) is 5.73 Å². The van der Waals surface area contributed by atoms with Crippen LogP contribution in [-0.4, -0.2) is 13.8 Å². The number of nitrogens with one attached hydrogen (secondary N) is 1. The summed E-state index contributed by atoms with van der Waals surface area (Å²) in [5.41, 5.74) is 8.93. The van der Waals surface area contributed by atoms with E-state index in [0.29, 0.717) is 12.6 Å². The topological polar surface area (TPSA) is 47.3 Å². The quantitative estimate of drug-likeness (QED) is 0.747. The fourth-order valence-electron chi connectivity index (χ4n) is 1.63. The first-order chi connectivity index (χ1) is 7.10. The number of anilines is 1. The van der Waals surface area contributed by atoms with Crippen LogP contribution in [0.2, 0.25) is 0 Å². The van der Waals surface area contributed by atoms with Crippen molar-refractivity contribution >= 4 is 5.69 Å². The number of rotatable bonds is 4. The Bertz CT molecular complexity index is 335. The van der Waals surface area contributed by atoms with E-state index in [1.807, 2.05) is 13.0 Å². The Morgan fingerprint density at radius 3 is 2.53 bits per heavy atom. The lowest BCUT2D eigenvalue weighted by molar-refractivity contribution is 0.407. The number of benzene rings is 1. The maximum absolute atomic E-state index is 5.48. The number of hydrogen-bond donors (Lipinski definition) is 2. The first-order valence-corrected chi connectivity index (χ1v) is 5.22. The number of methoxy groups -OCH3 is 1. The van der Waals surface area contributed by atoms with E-state index in [1.54, 1.807) is 7.11 Å². The Labute approximate surface area is 91.6 Å². The molecule has 0 aliphatic rings. The van der Waals surface area contributed by atoms with Crippen molar-refractivity contribution in [1.82, 2.24) is 0 Å². The molecule has 0 bridgehead atoms. The minimum Gasteiger partial charge on any atom is -0.496 e. The smallest absolute Gasteiger partial charge is 0.122 e. The molecular formula is C12H20N2O. The summed E-state index contributed by atoms with van der Waals surface area (Å²) >= 11 is 0. The van der Waals surface area contributed by atoms with Gasteiger partial charge in [-0.1, -0.05) is 13.8 Å². The van der Waals surface area contributed by atoms with Crippen LogP contribution in [0.1, 0.15) is 30.9 Å². The molecule has 15 heavy (non-hydrogen) atoms. The fraction of sp³-hybridized carbons (Fsp3) is 0.500. The number of ether oxygens (including phenoxy) is 1. The van der Waals surface area contributed by atoms with Gasteiger partial charge in [0, 0.05) is 5.69 Å². The molecule has 1 rings (SSSR count). The maximum atomic E-state index is 5.48. The van der Waals surface area contributed by atoms with E-state index in [4.69, 9.17) is 10.5 Å². The first-order valence-electron chi connectivity index (χ1n) is 5.22. The lowest BCUT2D eigenvalue weighted by Crippen LogP contribution is -2.12. The van der Waals surface area contributed by atoms with Gasteiger partial charge in [0.2, 0.25) is 0 Å². The predicted molar refractivity (Wildman–Crippen MR) is 64.5 cm³/mol. The van der Waals surface area contributed by atoms with Crippen LogP contribution in [0.3, 0.4) is 0 Å². The molecular weight excluding hydrogens is 188 g/mol. The van der Waals surface area contributed by atoms with Crippen molar-refractivity contribution in [3.63, 3.8) is 0 Å². The summed E-state index contributed by atoms with van der Waals surface area (Å²) < 4.78 is 5.36. The minimum absolute atomic E-state index is 0.443. The molecule has 0 amide bonds. The molecule has 3 nitrogen and oxygen atoms in total. The number of nitrogens with two attached hydrogens (primary N) is 1. The summed E-state index contributed by atoms with van der Waals surface area (Å²) in [5.74, 6) is 1.39. The lowest BCUT2D eigenvalue weighted by Gasteiger charge is -2.16. The molecule has 0 aromatic heterocycles. The lowest BCUT2D eigenvalue weighted by atomic mass is 9.99. The molecule has 0 radical (unpaired) electrons. The largest absolute Gasteiger partial charge is 0.496 e. The monoisotopic (exact) mass is 208 g/mol. The van der Waals surface area contributed by atoms with Gasteiger partial charge in [-0.2, -0.15) is 0 Å². The van der Waals surface area contributed by atoms with Crippen LogP contribution in [0.5, 0.6) is 5.75 Å². The first kappa shape index (κ1) is 11.9. The highest BCUT2D eigenvalue weighted by Crippen LogP contribution is 2.31. The third-order valence-electron chi connectivity index (χ3n) is 2.49. The van der Waals surface area contributed by atoms with Crippen molar-refractivity contribution in [3.8, 4) is 5.75 Å². The third kappa shape index (κ3) is 2.63. The molecule has 1 aromatic carbocycles. The van der Waals surface area contributed by atoms with Crippen LogP contribution in [0.15, 0.2) is 12.1 Å². The summed E-state index contributed by atoms with van der Waals surface area (Å²) in [6.45, 7) is 6.80. The summed E-state index contributed by atoms with van der Waals surface area (Å²) in [7, 11) is 1.71. The molecule has 3 heteroatoms.